The lowest BCUT2D eigenvalue weighted by Gasteiger charge is -2.33. The van der Waals surface area contributed by atoms with Gasteiger partial charge in [-0.1, -0.05) is 12.1 Å². The standard InChI is InChI=1S/C20H22N4O3/c1-14-16(13-24-19(22-14)9-10-21-24)20(25)23-11-5-6-15(12-23)27-18-8-4-3-7-17(18)26-2/h3-4,7-10,13,15H,5-6,11-12H2,1-2H3. The molecule has 0 spiro atoms. The van der Waals surface area contributed by atoms with Crippen molar-refractivity contribution < 1.29 is 14.3 Å². The summed E-state index contributed by atoms with van der Waals surface area (Å²) in [5, 5.41) is 4.18. The Balaban J connectivity index is 1.51. The number of rotatable bonds is 4. The van der Waals surface area contributed by atoms with Gasteiger partial charge >= 0.3 is 0 Å². The van der Waals surface area contributed by atoms with E-state index in [9.17, 15) is 4.79 Å². The molecule has 3 heterocycles. The first kappa shape index (κ1) is 17.3. The van der Waals surface area contributed by atoms with E-state index in [1.54, 1.807) is 24.0 Å². The highest BCUT2D eigenvalue weighted by Crippen LogP contribution is 2.29. The topological polar surface area (TPSA) is 69.0 Å². The van der Waals surface area contributed by atoms with Crippen molar-refractivity contribution in [3.05, 3.63) is 54.0 Å². The molecule has 1 aliphatic heterocycles. The zero-order chi connectivity index (χ0) is 18.8. The quantitative estimate of drug-likeness (QED) is 0.710. The molecule has 1 fully saturated rings. The zero-order valence-electron chi connectivity index (χ0n) is 15.5. The first-order valence-corrected chi connectivity index (χ1v) is 9.05. The van der Waals surface area contributed by atoms with Crippen LogP contribution in [0, 0.1) is 6.92 Å². The van der Waals surface area contributed by atoms with Crippen LogP contribution in [-0.2, 0) is 0 Å². The molecule has 1 amide bonds. The van der Waals surface area contributed by atoms with Gasteiger partial charge in [-0.15, -0.1) is 0 Å². The molecule has 1 unspecified atom stereocenters. The molecule has 1 saturated heterocycles. The van der Waals surface area contributed by atoms with E-state index in [4.69, 9.17) is 9.47 Å². The van der Waals surface area contributed by atoms with E-state index in [1.165, 1.54) is 0 Å². The Hall–Kier alpha value is -3.09. The van der Waals surface area contributed by atoms with Crippen molar-refractivity contribution in [3.8, 4) is 11.5 Å². The highest BCUT2D eigenvalue weighted by Gasteiger charge is 2.27. The highest BCUT2D eigenvalue weighted by molar-refractivity contribution is 5.95. The van der Waals surface area contributed by atoms with E-state index in [0.717, 1.165) is 18.5 Å². The monoisotopic (exact) mass is 366 g/mol. The number of amides is 1. The second-order valence-electron chi connectivity index (χ2n) is 6.66. The summed E-state index contributed by atoms with van der Waals surface area (Å²) in [7, 11) is 1.63. The summed E-state index contributed by atoms with van der Waals surface area (Å²) in [5.74, 6) is 1.37. The molecule has 0 aliphatic carbocycles. The first-order valence-electron chi connectivity index (χ1n) is 9.05. The normalized spacial score (nSPS) is 17.1. The molecule has 0 saturated carbocycles. The molecule has 1 aromatic carbocycles. The Kier molecular flexibility index (Phi) is 4.66. The maximum absolute atomic E-state index is 13.1. The zero-order valence-corrected chi connectivity index (χ0v) is 15.5. The number of para-hydroxylation sites is 2. The lowest BCUT2D eigenvalue weighted by atomic mass is 10.1. The number of carbonyl (C=O) groups excluding carboxylic acids is 1. The second kappa shape index (κ2) is 7.26. The summed E-state index contributed by atoms with van der Waals surface area (Å²) in [5.41, 5.74) is 2.02. The van der Waals surface area contributed by atoms with Crippen molar-refractivity contribution in [2.24, 2.45) is 0 Å². The Labute approximate surface area is 157 Å². The van der Waals surface area contributed by atoms with Crippen LogP contribution in [0.25, 0.3) is 5.65 Å². The number of hydrogen-bond acceptors (Lipinski definition) is 5. The molecule has 27 heavy (non-hydrogen) atoms. The predicted molar refractivity (Wildman–Crippen MR) is 100 cm³/mol. The predicted octanol–water partition coefficient (Wildman–Crippen LogP) is 2.73. The smallest absolute Gasteiger partial charge is 0.257 e. The number of benzene rings is 1. The van der Waals surface area contributed by atoms with Crippen LogP contribution in [0.3, 0.4) is 0 Å². The summed E-state index contributed by atoms with van der Waals surface area (Å²) in [6.07, 6.45) is 5.15. The Morgan fingerprint density at radius 2 is 2.04 bits per heavy atom. The molecule has 2 aromatic heterocycles. The number of carbonyl (C=O) groups is 1. The minimum Gasteiger partial charge on any atom is -0.493 e. The van der Waals surface area contributed by atoms with Gasteiger partial charge in [0.2, 0.25) is 0 Å². The van der Waals surface area contributed by atoms with Gasteiger partial charge < -0.3 is 14.4 Å². The molecule has 7 heteroatoms. The van der Waals surface area contributed by atoms with Crippen LogP contribution in [0.2, 0.25) is 0 Å². The third-order valence-electron chi connectivity index (χ3n) is 4.83. The van der Waals surface area contributed by atoms with Crippen LogP contribution in [0.5, 0.6) is 11.5 Å². The average Bonchev–Trinajstić information content (AvgIpc) is 3.14. The molecule has 1 aliphatic rings. The molecule has 7 nitrogen and oxygen atoms in total. The minimum absolute atomic E-state index is 0.0364. The number of likely N-dealkylation sites (tertiary alicyclic amines) is 1. The van der Waals surface area contributed by atoms with Gasteiger partial charge in [-0.25, -0.2) is 9.50 Å². The van der Waals surface area contributed by atoms with E-state index in [-0.39, 0.29) is 12.0 Å². The third-order valence-corrected chi connectivity index (χ3v) is 4.83. The van der Waals surface area contributed by atoms with Crippen molar-refractivity contribution in [2.45, 2.75) is 25.9 Å². The Morgan fingerprint density at radius 1 is 1.22 bits per heavy atom. The van der Waals surface area contributed by atoms with Crippen LogP contribution in [0.1, 0.15) is 28.9 Å². The fourth-order valence-electron chi connectivity index (χ4n) is 3.44. The molecule has 0 bridgehead atoms. The van der Waals surface area contributed by atoms with E-state index < -0.39 is 0 Å². The van der Waals surface area contributed by atoms with Crippen molar-refractivity contribution >= 4 is 11.6 Å². The summed E-state index contributed by atoms with van der Waals surface area (Å²) < 4.78 is 13.1. The number of aryl methyl sites for hydroxylation is 1. The van der Waals surface area contributed by atoms with Gasteiger partial charge in [0.25, 0.3) is 5.91 Å². The van der Waals surface area contributed by atoms with Crippen LogP contribution in [0.4, 0.5) is 0 Å². The number of nitrogens with zero attached hydrogens (tertiary/aromatic N) is 4. The van der Waals surface area contributed by atoms with Crippen LogP contribution in [0.15, 0.2) is 42.7 Å². The molecule has 0 radical (unpaired) electrons. The van der Waals surface area contributed by atoms with E-state index in [1.807, 2.05) is 42.2 Å². The minimum atomic E-state index is -0.0688. The third kappa shape index (κ3) is 3.45. The van der Waals surface area contributed by atoms with Gasteiger partial charge in [-0.2, -0.15) is 5.10 Å². The first-order chi connectivity index (χ1) is 13.2. The van der Waals surface area contributed by atoms with Crippen molar-refractivity contribution in [1.82, 2.24) is 19.5 Å². The van der Waals surface area contributed by atoms with E-state index in [2.05, 4.69) is 10.1 Å². The lowest BCUT2D eigenvalue weighted by molar-refractivity contribution is 0.0530. The van der Waals surface area contributed by atoms with Crippen LogP contribution >= 0.6 is 0 Å². The average molecular weight is 366 g/mol. The van der Waals surface area contributed by atoms with Gasteiger partial charge in [-0.3, -0.25) is 4.79 Å². The number of methoxy groups -OCH3 is 1. The fraction of sp³-hybridized carbons (Fsp3) is 0.350. The van der Waals surface area contributed by atoms with Gasteiger partial charge in [0.15, 0.2) is 17.1 Å². The van der Waals surface area contributed by atoms with Crippen molar-refractivity contribution in [2.75, 3.05) is 20.2 Å². The number of ether oxygens (including phenoxy) is 2. The lowest BCUT2D eigenvalue weighted by Crippen LogP contribution is -2.44. The second-order valence-corrected chi connectivity index (χ2v) is 6.66. The number of piperidine rings is 1. The molecule has 1 atom stereocenters. The van der Waals surface area contributed by atoms with Crippen LogP contribution < -0.4 is 9.47 Å². The molecular formula is C20H22N4O3. The maximum atomic E-state index is 13.1. The molecule has 140 valence electrons. The Morgan fingerprint density at radius 3 is 2.85 bits per heavy atom. The van der Waals surface area contributed by atoms with E-state index in [0.29, 0.717) is 35.8 Å². The molecule has 0 N–H and O–H groups in total. The molecule has 4 rings (SSSR count). The summed E-state index contributed by atoms with van der Waals surface area (Å²) in [6.45, 7) is 3.10. The number of fused-ring (bicyclic) bond motifs is 1. The summed E-state index contributed by atoms with van der Waals surface area (Å²) >= 11 is 0. The maximum Gasteiger partial charge on any atom is 0.257 e. The van der Waals surface area contributed by atoms with Gasteiger partial charge in [0.05, 0.1) is 31.1 Å². The summed E-state index contributed by atoms with van der Waals surface area (Å²) in [6, 6.07) is 9.40. The summed E-state index contributed by atoms with van der Waals surface area (Å²) in [4.78, 5) is 19.4. The Bertz CT molecular complexity index is 969. The van der Waals surface area contributed by atoms with Crippen molar-refractivity contribution in [1.29, 1.82) is 0 Å². The van der Waals surface area contributed by atoms with E-state index >= 15 is 0 Å². The van der Waals surface area contributed by atoms with Gasteiger partial charge in [-0.05, 0) is 31.9 Å². The van der Waals surface area contributed by atoms with Gasteiger partial charge in [0, 0.05) is 18.8 Å². The number of aromatic nitrogens is 3. The van der Waals surface area contributed by atoms with Gasteiger partial charge in [0.1, 0.15) is 6.10 Å². The SMILES string of the molecule is COc1ccccc1OC1CCCN(C(=O)c2cn3nccc3nc2C)C1. The molecular weight excluding hydrogens is 344 g/mol. The van der Waals surface area contributed by atoms with Crippen molar-refractivity contribution in [3.63, 3.8) is 0 Å². The fourth-order valence-corrected chi connectivity index (χ4v) is 3.44. The number of hydrogen-bond donors (Lipinski definition) is 0. The highest BCUT2D eigenvalue weighted by atomic mass is 16.5. The molecule has 3 aromatic rings. The van der Waals surface area contributed by atoms with Crippen LogP contribution in [-0.4, -0.2) is 51.7 Å². The largest absolute Gasteiger partial charge is 0.493 e.